The Morgan fingerprint density at radius 2 is 1.76 bits per heavy atom. The average molecular weight is 251 g/mol. The van der Waals surface area contributed by atoms with Crippen LogP contribution >= 0.6 is 0 Å². The highest BCUT2D eigenvalue weighted by Crippen LogP contribution is 2.31. The van der Waals surface area contributed by atoms with Crippen LogP contribution < -0.4 is 5.32 Å². The van der Waals surface area contributed by atoms with Gasteiger partial charge >= 0.3 is 6.18 Å². The van der Waals surface area contributed by atoms with E-state index in [4.69, 9.17) is 0 Å². The molecule has 0 saturated heterocycles. The molecule has 96 valence electrons. The molecule has 0 aliphatic heterocycles. The number of hydrogen-bond acceptors (Lipinski definition) is 2. The van der Waals surface area contributed by atoms with Crippen LogP contribution in [-0.4, -0.2) is 11.1 Å². The van der Waals surface area contributed by atoms with Gasteiger partial charge in [-0.05, 0) is 37.6 Å². The van der Waals surface area contributed by atoms with Gasteiger partial charge < -0.3 is 5.11 Å². The molecule has 0 bridgehead atoms. The van der Waals surface area contributed by atoms with Crippen molar-refractivity contribution in [2.75, 3.05) is 0 Å². The zero-order valence-electron chi connectivity index (χ0n) is 9.35. The van der Waals surface area contributed by atoms with Crippen LogP contribution in [0.25, 0.3) is 0 Å². The normalized spacial score (nSPS) is 14.1. The summed E-state index contributed by atoms with van der Waals surface area (Å²) >= 11 is 0. The lowest BCUT2D eigenvalue weighted by Gasteiger charge is -2.17. The number of halogens is 4. The summed E-state index contributed by atoms with van der Waals surface area (Å²) in [6.45, 7) is 3.43. The number of rotatable bonds is 3. The van der Waals surface area contributed by atoms with E-state index in [1.165, 1.54) is 0 Å². The lowest BCUT2D eigenvalue weighted by atomic mass is 10.1. The second-order valence-corrected chi connectivity index (χ2v) is 3.99. The fraction of sp³-hybridized carbons (Fsp3) is 0.455. The van der Waals surface area contributed by atoms with Gasteiger partial charge in [-0.2, -0.15) is 13.2 Å². The summed E-state index contributed by atoms with van der Waals surface area (Å²) in [7, 11) is 0. The standard InChI is InChI=1S/C11H13F4NO/c1-6(2)16-10(17)7-3-8(11(13,14)15)5-9(12)4-7/h3-6,10,16-17H,1-2H3. The molecule has 0 amide bonds. The maximum atomic E-state index is 13.0. The molecule has 0 heterocycles. The molecule has 0 aliphatic carbocycles. The molecule has 0 aliphatic rings. The van der Waals surface area contributed by atoms with Crippen LogP contribution in [-0.2, 0) is 6.18 Å². The molecule has 0 spiro atoms. The second-order valence-electron chi connectivity index (χ2n) is 3.99. The van der Waals surface area contributed by atoms with Gasteiger partial charge in [0.25, 0.3) is 0 Å². The minimum atomic E-state index is -4.63. The van der Waals surface area contributed by atoms with E-state index >= 15 is 0 Å². The summed E-state index contributed by atoms with van der Waals surface area (Å²) in [6.07, 6.45) is -5.96. The Morgan fingerprint density at radius 1 is 1.18 bits per heavy atom. The third-order valence-corrected chi connectivity index (χ3v) is 2.05. The summed E-state index contributed by atoms with van der Waals surface area (Å²) in [5.41, 5.74) is -1.26. The first-order valence-electron chi connectivity index (χ1n) is 5.02. The molecule has 0 radical (unpaired) electrons. The number of alkyl halides is 3. The highest BCUT2D eigenvalue weighted by Gasteiger charge is 2.31. The Balaban J connectivity index is 3.05. The maximum absolute atomic E-state index is 13.0. The summed E-state index contributed by atoms with van der Waals surface area (Å²) < 4.78 is 50.2. The van der Waals surface area contributed by atoms with Gasteiger partial charge in [0.05, 0.1) is 5.56 Å². The zero-order chi connectivity index (χ0) is 13.2. The Hall–Kier alpha value is -1.14. The molecule has 2 nitrogen and oxygen atoms in total. The van der Waals surface area contributed by atoms with Crippen LogP contribution in [0.3, 0.4) is 0 Å². The molecule has 6 heteroatoms. The first-order valence-corrected chi connectivity index (χ1v) is 5.02. The molecule has 1 unspecified atom stereocenters. The Bertz CT molecular complexity index is 390. The van der Waals surface area contributed by atoms with Crippen LogP contribution in [0.5, 0.6) is 0 Å². The van der Waals surface area contributed by atoms with Crippen LogP contribution in [0.4, 0.5) is 17.6 Å². The van der Waals surface area contributed by atoms with Crippen molar-refractivity contribution >= 4 is 0 Å². The topological polar surface area (TPSA) is 32.3 Å². The highest BCUT2D eigenvalue weighted by molar-refractivity contribution is 5.28. The van der Waals surface area contributed by atoms with E-state index in [1.807, 2.05) is 0 Å². The average Bonchev–Trinajstić information content (AvgIpc) is 2.14. The lowest BCUT2D eigenvalue weighted by Crippen LogP contribution is -2.28. The van der Waals surface area contributed by atoms with Crippen LogP contribution in [0, 0.1) is 5.82 Å². The molecular formula is C11H13F4NO. The summed E-state index contributed by atoms with van der Waals surface area (Å²) in [5, 5.41) is 12.1. The summed E-state index contributed by atoms with van der Waals surface area (Å²) in [4.78, 5) is 0. The van der Waals surface area contributed by atoms with E-state index in [1.54, 1.807) is 13.8 Å². The van der Waals surface area contributed by atoms with Crippen molar-refractivity contribution in [3.63, 3.8) is 0 Å². The maximum Gasteiger partial charge on any atom is 0.416 e. The van der Waals surface area contributed by atoms with Gasteiger partial charge in [-0.3, -0.25) is 5.32 Å². The zero-order valence-corrected chi connectivity index (χ0v) is 9.35. The van der Waals surface area contributed by atoms with Gasteiger partial charge in [0.2, 0.25) is 0 Å². The number of aliphatic hydroxyl groups excluding tert-OH is 1. The highest BCUT2D eigenvalue weighted by atomic mass is 19.4. The summed E-state index contributed by atoms with van der Waals surface area (Å²) in [6, 6.07) is 1.85. The Morgan fingerprint density at radius 3 is 2.24 bits per heavy atom. The number of nitrogens with one attached hydrogen (secondary N) is 1. The van der Waals surface area contributed by atoms with Crippen LogP contribution in [0.15, 0.2) is 18.2 Å². The molecule has 1 atom stereocenters. The van der Waals surface area contributed by atoms with Crippen molar-refractivity contribution in [2.24, 2.45) is 0 Å². The first kappa shape index (κ1) is 13.9. The number of aliphatic hydroxyl groups is 1. The van der Waals surface area contributed by atoms with E-state index in [2.05, 4.69) is 5.32 Å². The largest absolute Gasteiger partial charge is 0.416 e. The lowest BCUT2D eigenvalue weighted by molar-refractivity contribution is -0.137. The van der Waals surface area contributed by atoms with Crippen molar-refractivity contribution in [1.29, 1.82) is 0 Å². The van der Waals surface area contributed by atoms with E-state index < -0.39 is 23.8 Å². The van der Waals surface area contributed by atoms with Gasteiger partial charge in [-0.1, -0.05) is 0 Å². The first-order chi connectivity index (χ1) is 7.70. The van der Waals surface area contributed by atoms with Crippen molar-refractivity contribution in [3.8, 4) is 0 Å². The summed E-state index contributed by atoms with van der Waals surface area (Å²) in [5.74, 6) is -1.03. The van der Waals surface area contributed by atoms with Crippen molar-refractivity contribution in [1.82, 2.24) is 5.32 Å². The van der Waals surface area contributed by atoms with Crippen molar-refractivity contribution in [3.05, 3.63) is 35.1 Å². The Kier molecular flexibility index (Phi) is 4.11. The molecule has 1 aromatic carbocycles. The van der Waals surface area contributed by atoms with Crippen LogP contribution in [0.2, 0.25) is 0 Å². The smallest absolute Gasteiger partial charge is 0.374 e. The minimum absolute atomic E-state index is 0.136. The van der Waals surface area contributed by atoms with E-state index in [9.17, 15) is 22.7 Å². The monoisotopic (exact) mass is 251 g/mol. The molecule has 2 N–H and O–H groups in total. The second kappa shape index (κ2) is 5.01. The van der Waals surface area contributed by atoms with Gasteiger partial charge in [0.1, 0.15) is 12.0 Å². The minimum Gasteiger partial charge on any atom is -0.374 e. The van der Waals surface area contributed by atoms with Gasteiger partial charge in [-0.25, -0.2) is 4.39 Å². The molecule has 1 rings (SSSR count). The molecule has 0 fully saturated rings. The predicted molar refractivity (Wildman–Crippen MR) is 54.6 cm³/mol. The molecule has 1 aromatic rings. The number of benzene rings is 1. The third kappa shape index (κ3) is 3.98. The fourth-order valence-electron chi connectivity index (χ4n) is 1.35. The van der Waals surface area contributed by atoms with Gasteiger partial charge in [-0.15, -0.1) is 0 Å². The predicted octanol–water partition coefficient (Wildman–Crippen LogP) is 2.83. The number of hydrogen-bond donors (Lipinski definition) is 2. The fourth-order valence-corrected chi connectivity index (χ4v) is 1.35. The molecule has 0 saturated carbocycles. The SMILES string of the molecule is CC(C)NC(O)c1cc(F)cc(C(F)(F)F)c1. The van der Waals surface area contributed by atoms with Crippen molar-refractivity contribution in [2.45, 2.75) is 32.3 Å². The van der Waals surface area contributed by atoms with E-state index in [-0.39, 0.29) is 11.6 Å². The molecule has 0 aromatic heterocycles. The van der Waals surface area contributed by atoms with Crippen LogP contribution in [0.1, 0.15) is 31.2 Å². The third-order valence-electron chi connectivity index (χ3n) is 2.05. The molecule has 17 heavy (non-hydrogen) atoms. The quantitative estimate of drug-likeness (QED) is 0.639. The van der Waals surface area contributed by atoms with E-state index in [0.717, 1.165) is 12.1 Å². The Labute approximate surface area is 96.3 Å². The molecular weight excluding hydrogens is 238 g/mol. The van der Waals surface area contributed by atoms with Gasteiger partial charge in [0.15, 0.2) is 0 Å². The van der Waals surface area contributed by atoms with Crippen molar-refractivity contribution < 1.29 is 22.7 Å². The van der Waals surface area contributed by atoms with E-state index in [0.29, 0.717) is 6.07 Å². The van der Waals surface area contributed by atoms with Gasteiger partial charge in [0, 0.05) is 6.04 Å².